The van der Waals surface area contributed by atoms with E-state index in [0.29, 0.717) is 19.4 Å². The van der Waals surface area contributed by atoms with Gasteiger partial charge in [0.05, 0.1) is 5.41 Å². The molecule has 0 bridgehead atoms. The molecule has 1 aromatic rings. The molecule has 5 nitrogen and oxygen atoms in total. The van der Waals surface area contributed by atoms with Crippen molar-refractivity contribution in [3.05, 3.63) is 29.8 Å². The molecule has 3 rings (SSSR count). The van der Waals surface area contributed by atoms with E-state index in [1.165, 1.54) is 0 Å². The molecule has 0 spiro atoms. The number of likely N-dealkylation sites (tertiary alicyclic amines) is 1. The Labute approximate surface area is 117 Å². The highest BCUT2D eigenvalue weighted by Gasteiger charge is 2.44. The molecule has 1 aromatic carbocycles. The van der Waals surface area contributed by atoms with Gasteiger partial charge in [-0.2, -0.15) is 0 Å². The van der Waals surface area contributed by atoms with Gasteiger partial charge in [-0.1, -0.05) is 18.2 Å². The number of nitrogens with zero attached hydrogens (tertiary/aromatic N) is 1. The normalized spacial score (nSPS) is 28.1. The Morgan fingerprint density at radius 2 is 2.15 bits per heavy atom. The molecule has 2 aliphatic heterocycles. The lowest BCUT2D eigenvalue weighted by atomic mass is 9.90. The maximum Gasteiger partial charge on any atom is 0.311 e. The largest absolute Gasteiger partial charge is 0.481 e. The molecular weight excluding hydrogens is 258 g/mol. The van der Waals surface area contributed by atoms with Gasteiger partial charge in [0.2, 0.25) is 0 Å². The summed E-state index contributed by atoms with van der Waals surface area (Å²) in [5, 5.41) is 9.21. The molecule has 2 aliphatic rings. The lowest BCUT2D eigenvalue weighted by molar-refractivity contribution is -0.147. The first-order valence-corrected chi connectivity index (χ1v) is 6.76. The minimum absolute atomic E-state index is 0.105. The quantitative estimate of drug-likeness (QED) is 0.883. The third-order valence-electron chi connectivity index (χ3n) is 4.22. The van der Waals surface area contributed by atoms with Crippen LogP contribution in [0.3, 0.4) is 0 Å². The number of ether oxygens (including phenoxy) is 1. The van der Waals surface area contributed by atoms with Crippen LogP contribution in [0, 0.1) is 5.41 Å². The zero-order valence-corrected chi connectivity index (χ0v) is 11.3. The van der Waals surface area contributed by atoms with Gasteiger partial charge in [0.15, 0.2) is 6.10 Å². The van der Waals surface area contributed by atoms with Crippen LogP contribution in [0.5, 0.6) is 5.75 Å². The molecule has 5 heteroatoms. The van der Waals surface area contributed by atoms with Crippen molar-refractivity contribution in [2.24, 2.45) is 5.41 Å². The molecule has 1 N–H and O–H groups in total. The highest BCUT2D eigenvalue weighted by Crippen LogP contribution is 2.33. The molecule has 0 aromatic heterocycles. The van der Waals surface area contributed by atoms with Crippen molar-refractivity contribution in [1.29, 1.82) is 0 Å². The minimum atomic E-state index is -0.844. The van der Waals surface area contributed by atoms with Gasteiger partial charge in [0.1, 0.15) is 5.75 Å². The van der Waals surface area contributed by atoms with Crippen molar-refractivity contribution in [2.75, 3.05) is 13.1 Å². The SMILES string of the molecule is C[C@]1(C(=O)O)CCN(C(=O)[C@@H]2Cc3ccccc3O2)C1. The van der Waals surface area contributed by atoms with E-state index in [1.54, 1.807) is 11.8 Å². The minimum Gasteiger partial charge on any atom is -0.481 e. The molecule has 0 saturated carbocycles. The van der Waals surface area contributed by atoms with Crippen molar-refractivity contribution in [1.82, 2.24) is 4.90 Å². The number of rotatable bonds is 2. The third kappa shape index (κ3) is 2.03. The van der Waals surface area contributed by atoms with Crippen molar-refractivity contribution in [2.45, 2.75) is 25.9 Å². The lowest BCUT2D eigenvalue weighted by Gasteiger charge is -2.22. The van der Waals surface area contributed by atoms with Gasteiger partial charge in [0, 0.05) is 19.5 Å². The first kappa shape index (κ1) is 13.0. The highest BCUT2D eigenvalue weighted by molar-refractivity contribution is 5.84. The number of carbonyl (C=O) groups is 2. The van der Waals surface area contributed by atoms with Crippen molar-refractivity contribution in [3.8, 4) is 5.75 Å². The van der Waals surface area contributed by atoms with E-state index in [2.05, 4.69) is 0 Å². The fourth-order valence-electron chi connectivity index (χ4n) is 2.85. The number of hydrogen-bond acceptors (Lipinski definition) is 3. The maximum absolute atomic E-state index is 12.4. The second kappa shape index (κ2) is 4.51. The summed E-state index contributed by atoms with van der Waals surface area (Å²) in [6, 6.07) is 7.61. The summed E-state index contributed by atoms with van der Waals surface area (Å²) in [4.78, 5) is 25.3. The average molecular weight is 275 g/mol. The smallest absolute Gasteiger partial charge is 0.311 e. The molecule has 1 amide bonds. The Hall–Kier alpha value is -2.04. The monoisotopic (exact) mass is 275 g/mol. The van der Waals surface area contributed by atoms with E-state index in [1.807, 2.05) is 24.3 Å². The average Bonchev–Trinajstić information content (AvgIpc) is 3.02. The molecule has 106 valence electrons. The summed E-state index contributed by atoms with van der Waals surface area (Å²) in [5.41, 5.74) is 0.201. The van der Waals surface area contributed by atoms with Gasteiger partial charge in [-0.25, -0.2) is 0 Å². The number of aliphatic carboxylic acids is 1. The Kier molecular flexibility index (Phi) is 2.92. The van der Waals surface area contributed by atoms with Crippen molar-refractivity contribution < 1.29 is 19.4 Å². The van der Waals surface area contributed by atoms with Gasteiger partial charge in [-0.15, -0.1) is 0 Å². The Balaban J connectivity index is 1.69. The van der Waals surface area contributed by atoms with E-state index >= 15 is 0 Å². The van der Waals surface area contributed by atoms with E-state index < -0.39 is 17.5 Å². The fourth-order valence-corrected chi connectivity index (χ4v) is 2.85. The lowest BCUT2D eigenvalue weighted by Crippen LogP contribution is -2.42. The van der Waals surface area contributed by atoms with Gasteiger partial charge in [-0.05, 0) is 25.0 Å². The van der Waals surface area contributed by atoms with Crippen LogP contribution < -0.4 is 4.74 Å². The van der Waals surface area contributed by atoms with E-state index in [9.17, 15) is 14.7 Å². The van der Waals surface area contributed by atoms with Crippen LogP contribution in [-0.2, 0) is 16.0 Å². The number of carboxylic acids is 1. The Morgan fingerprint density at radius 1 is 1.40 bits per heavy atom. The van der Waals surface area contributed by atoms with Crippen molar-refractivity contribution >= 4 is 11.9 Å². The number of benzene rings is 1. The summed E-state index contributed by atoms with van der Waals surface area (Å²) < 4.78 is 5.67. The van der Waals surface area contributed by atoms with Gasteiger partial charge in [0.25, 0.3) is 5.91 Å². The van der Waals surface area contributed by atoms with Crippen molar-refractivity contribution in [3.63, 3.8) is 0 Å². The molecule has 0 unspecified atom stereocenters. The van der Waals surface area contributed by atoms with Crippen LogP contribution in [0.2, 0.25) is 0 Å². The standard InChI is InChI=1S/C15H17NO4/c1-15(14(18)19)6-7-16(9-15)13(17)12-8-10-4-2-3-5-11(10)20-12/h2-5,12H,6-9H2,1H3,(H,18,19)/t12-,15-/m0/s1. The molecular formula is C15H17NO4. The summed E-state index contributed by atoms with van der Waals surface area (Å²) >= 11 is 0. The highest BCUT2D eigenvalue weighted by atomic mass is 16.5. The predicted octanol–water partition coefficient (Wildman–Crippen LogP) is 1.31. The van der Waals surface area contributed by atoms with Gasteiger partial charge < -0.3 is 14.7 Å². The second-order valence-corrected chi connectivity index (χ2v) is 5.79. The van der Waals surface area contributed by atoms with Crippen LogP contribution in [0.4, 0.5) is 0 Å². The molecule has 1 fully saturated rings. The van der Waals surface area contributed by atoms with Crippen LogP contribution in [0.15, 0.2) is 24.3 Å². The summed E-state index contributed by atoms with van der Waals surface area (Å²) in [7, 11) is 0. The first-order valence-electron chi connectivity index (χ1n) is 6.76. The van der Waals surface area contributed by atoms with Gasteiger partial charge in [-0.3, -0.25) is 9.59 Å². The second-order valence-electron chi connectivity index (χ2n) is 5.79. The number of carboxylic acid groups (broad SMARTS) is 1. The Morgan fingerprint density at radius 3 is 2.80 bits per heavy atom. The Bertz CT molecular complexity index is 546. The predicted molar refractivity (Wildman–Crippen MR) is 71.5 cm³/mol. The summed E-state index contributed by atoms with van der Waals surface area (Å²) in [5.74, 6) is -0.194. The maximum atomic E-state index is 12.4. The number of amides is 1. The molecule has 20 heavy (non-hydrogen) atoms. The summed E-state index contributed by atoms with van der Waals surface area (Å²) in [6.07, 6.45) is 0.548. The van der Waals surface area contributed by atoms with E-state index in [4.69, 9.17) is 4.74 Å². The number of fused-ring (bicyclic) bond motifs is 1. The van der Waals surface area contributed by atoms with E-state index in [-0.39, 0.29) is 12.5 Å². The molecule has 1 saturated heterocycles. The topological polar surface area (TPSA) is 66.8 Å². The zero-order valence-electron chi connectivity index (χ0n) is 11.3. The number of para-hydroxylation sites is 1. The zero-order chi connectivity index (χ0) is 14.3. The number of hydrogen-bond donors (Lipinski definition) is 1. The van der Waals surface area contributed by atoms with E-state index in [0.717, 1.165) is 11.3 Å². The van der Waals surface area contributed by atoms with Crippen LogP contribution in [0.1, 0.15) is 18.9 Å². The molecule has 0 radical (unpaired) electrons. The van der Waals surface area contributed by atoms with Crippen LogP contribution >= 0.6 is 0 Å². The summed E-state index contributed by atoms with van der Waals surface area (Å²) in [6.45, 7) is 2.43. The van der Waals surface area contributed by atoms with Crippen LogP contribution in [-0.4, -0.2) is 41.1 Å². The molecule has 2 atom stereocenters. The third-order valence-corrected chi connectivity index (χ3v) is 4.22. The first-order chi connectivity index (χ1) is 9.49. The molecule has 0 aliphatic carbocycles. The van der Waals surface area contributed by atoms with Gasteiger partial charge >= 0.3 is 5.97 Å². The fraction of sp³-hybridized carbons (Fsp3) is 0.467. The van der Waals surface area contributed by atoms with Crippen LogP contribution in [0.25, 0.3) is 0 Å². The molecule has 2 heterocycles. The number of carbonyl (C=O) groups excluding carboxylic acids is 1.